The largest absolute Gasteiger partial charge is 0.480 e. The van der Waals surface area contributed by atoms with Crippen LogP contribution >= 0.6 is 0 Å². The number of rotatable bonds is 6. The fourth-order valence-corrected chi connectivity index (χ4v) is 4.82. The third-order valence-corrected chi connectivity index (χ3v) is 6.80. The topological polar surface area (TPSA) is 111 Å². The number of methoxy groups -OCH3 is 1. The first-order valence-corrected chi connectivity index (χ1v) is 12.3. The van der Waals surface area contributed by atoms with Crippen LogP contribution in [0.1, 0.15) is 27.0 Å². The summed E-state index contributed by atoms with van der Waals surface area (Å²) in [4.78, 5) is 22.6. The summed E-state index contributed by atoms with van der Waals surface area (Å²) in [5, 5.41) is 6.44. The van der Waals surface area contributed by atoms with Gasteiger partial charge in [-0.3, -0.25) is 9.69 Å². The molecule has 0 aliphatic carbocycles. The third-order valence-electron chi connectivity index (χ3n) is 6.80. The van der Waals surface area contributed by atoms with E-state index in [9.17, 15) is 35.5 Å². The zero-order valence-electron chi connectivity index (χ0n) is 21.7. The van der Waals surface area contributed by atoms with Crippen LogP contribution in [0.25, 0.3) is 16.8 Å². The van der Waals surface area contributed by atoms with Gasteiger partial charge in [0, 0.05) is 31.4 Å². The molecule has 3 aromatic heterocycles. The highest BCUT2D eigenvalue weighted by molar-refractivity contribution is 5.98. The maximum Gasteiger partial charge on any atom is 0.418 e. The van der Waals surface area contributed by atoms with Crippen molar-refractivity contribution >= 4 is 17.2 Å². The van der Waals surface area contributed by atoms with E-state index in [4.69, 9.17) is 10.5 Å². The van der Waals surface area contributed by atoms with Crippen molar-refractivity contribution in [2.24, 2.45) is 0 Å². The number of aromatic nitrogens is 4. The SMILES string of the molecule is COc1ncc(-c2cc(C(F)(F)F)c3c(N)ncnn23)cc1C(=O)NC1CN(Cc2ccc(C(F)(F)F)cc2)CC1F. The van der Waals surface area contributed by atoms with Crippen molar-refractivity contribution in [1.29, 1.82) is 0 Å². The summed E-state index contributed by atoms with van der Waals surface area (Å²) in [5.41, 5.74) is 3.69. The molecule has 3 N–H and O–H groups in total. The molecule has 1 aliphatic heterocycles. The first kappa shape index (κ1) is 29.0. The molecule has 42 heavy (non-hydrogen) atoms. The summed E-state index contributed by atoms with van der Waals surface area (Å²) in [6.07, 6.45) is -8.60. The Hall–Kier alpha value is -4.47. The molecule has 2 atom stereocenters. The van der Waals surface area contributed by atoms with Gasteiger partial charge in [0.1, 0.15) is 23.6 Å². The number of nitrogens with zero attached hydrogens (tertiary/aromatic N) is 5. The molecule has 4 aromatic rings. The van der Waals surface area contributed by atoms with E-state index in [0.29, 0.717) is 5.56 Å². The summed E-state index contributed by atoms with van der Waals surface area (Å²) in [7, 11) is 1.24. The highest BCUT2D eigenvalue weighted by Gasteiger charge is 2.38. The first-order chi connectivity index (χ1) is 19.8. The van der Waals surface area contributed by atoms with E-state index in [1.807, 2.05) is 0 Å². The summed E-state index contributed by atoms with van der Waals surface area (Å²) in [6.45, 7) is 0.121. The number of nitrogens with one attached hydrogen (secondary N) is 1. The van der Waals surface area contributed by atoms with Crippen LogP contribution in [0.15, 0.2) is 48.9 Å². The number of halogens is 7. The number of alkyl halides is 7. The van der Waals surface area contributed by atoms with Crippen LogP contribution in [0, 0.1) is 0 Å². The minimum absolute atomic E-state index is 0.0534. The second-order valence-electron chi connectivity index (χ2n) is 9.61. The van der Waals surface area contributed by atoms with Gasteiger partial charge in [-0.1, -0.05) is 12.1 Å². The van der Waals surface area contributed by atoms with Gasteiger partial charge in [-0.25, -0.2) is 18.9 Å². The Balaban J connectivity index is 1.37. The van der Waals surface area contributed by atoms with Gasteiger partial charge in [0.25, 0.3) is 5.91 Å². The van der Waals surface area contributed by atoms with Crippen LogP contribution in [0.5, 0.6) is 5.88 Å². The molecule has 0 spiro atoms. The molecule has 5 rings (SSSR count). The van der Waals surface area contributed by atoms with Crippen LogP contribution in [0.3, 0.4) is 0 Å². The molecule has 4 heterocycles. The molecular weight excluding hydrogens is 575 g/mol. The molecule has 9 nitrogen and oxygen atoms in total. The van der Waals surface area contributed by atoms with Gasteiger partial charge in [0.15, 0.2) is 5.82 Å². The van der Waals surface area contributed by atoms with Gasteiger partial charge >= 0.3 is 12.4 Å². The Bertz CT molecular complexity index is 1620. The lowest BCUT2D eigenvalue weighted by molar-refractivity contribution is -0.138. The predicted molar refractivity (Wildman–Crippen MR) is 135 cm³/mol. The van der Waals surface area contributed by atoms with E-state index >= 15 is 0 Å². The number of carbonyl (C=O) groups excluding carboxylic acids is 1. The molecular formula is C26H22F7N7O2. The predicted octanol–water partition coefficient (Wildman–Crippen LogP) is 4.37. The minimum atomic E-state index is -4.78. The van der Waals surface area contributed by atoms with Gasteiger partial charge in [-0.2, -0.15) is 31.4 Å². The number of likely N-dealkylation sites (tertiary alicyclic amines) is 1. The van der Waals surface area contributed by atoms with E-state index in [0.717, 1.165) is 29.0 Å². The van der Waals surface area contributed by atoms with Crippen molar-refractivity contribution in [2.75, 3.05) is 25.9 Å². The third kappa shape index (κ3) is 5.66. The fraction of sp³-hybridized carbons (Fsp3) is 0.308. The van der Waals surface area contributed by atoms with E-state index in [1.165, 1.54) is 31.5 Å². The van der Waals surface area contributed by atoms with Crippen molar-refractivity contribution in [3.8, 4) is 17.1 Å². The van der Waals surface area contributed by atoms with Crippen molar-refractivity contribution < 1.29 is 40.3 Å². The Labute approximate surface area is 233 Å². The number of nitrogens with two attached hydrogens (primary N) is 1. The summed E-state index contributed by atoms with van der Waals surface area (Å²) in [6, 6.07) is 5.55. The quantitative estimate of drug-likeness (QED) is 0.318. The normalized spacial score (nSPS) is 18.0. The molecule has 1 aromatic carbocycles. The molecule has 1 saturated heterocycles. The molecule has 1 amide bonds. The average Bonchev–Trinajstić information content (AvgIpc) is 3.49. The van der Waals surface area contributed by atoms with Crippen LogP contribution in [0.4, 0.5) is 36.6 Å². The van der Waals surface area contributed by atoms with Crippen molar-refractivity contribution in [2.45, 2.75) is 31.1 Å². The second-order valence-corrected chi connectivity index (χ2v) is 9.61. The Morgan fingerprint density at radius 3 is 2.43 bits per heavy atom. The number of anilines is 1. The molecule has 1 aliphatic rings. The molecule has 0 radical (unpaired) electrons. The van der Waals surface area contributed by atoms with Gasteiger partial charge in [0.2, 0.25) is 5.88 Å². The standard InChI is InChI=1S/C26H22F7N7O2/c1-42-24-16(6-14(8-35-24)20-7-17(26(31,32)33)21-22(34)36-12-37-40(20)21)23(41)38-19-11-39(10-18(19)27)9-13-2-4-15(5-3-13)25(28,29)30/h2-8,12,18-19H,9-11H2,1H3,(H,38,41)(H2,34,36,37). The zero-order chi connectivity index (χ0) is 30.4. The Morgan fingerprint density at radius 1 is 1.07 bits per heavy atom. The van der Waals surface area contributed by atoms with Crippen molar-refractivity contribution in [3.63, 3.8) is 0 Å². The highest BCUT2D eigenvalue weighted by Crippen LogP contribution is 2.39. The minimum Gasteiger partial charge on any atom is -0.480 e. The molecule has 16 heteroatoms. The molecule has 222 valence electrons. The second kappa shape index (κ2) is 10.7. The first-order valence-electron chi connectivity index (χ1n) is 12.3. The summed E-state index contributed by atoms with van der Waals surface area (Å²) in [5.74, 6) is -1.35. The Kier molecular flexibility index (Phi) is 7.42. The number of fused-ring (bicyclic) bond motifs is 1. The summed E-state index contributed by atoms with van der Waals surface area (Å²) < 4.78 is 101. The lowest BCUT2D eigenvalue weighted by Gasteiger charge is -2.17. The van der Waals surface area contributed by atoms with E-state index in [1.54, 1.807) is 4.90 Å². The zero-order valence-corrected chi connectivity index (χ0v) is 21.7. The molecule has 0 saturated carbocycles. The van der Waals surface area contributed by atoms with Crippen LogP contribution in [0.2, 0.25) is 0 Å². The van der Waals surface area contributed by atoms with E-state index in [2.05, 4.69) is 20.4 Å². The number of hydrogen-bond donors (Lipinski definition) is 2. The van der Waals surface area contributed by atoms with Gasteiger partial charge < -0.3 is 15.8 Å². The van der Waals surface area contributed by atoms with Gasteiger partial charge in [-0.15, -0.1) is 0 Å². The number of ether oxygens (including phenoxy) is 1. The Morgan fingerprint density at radius 2 is 1.79 bits per heavy atom. The van der Waals surface area contributed by atoms with Crippen molar-refractivity contribution in [3.05, 3.63) is 71.2 Å². The number of benzene rings is 1. The van der Waals surface area contributed by atoms with Crippen LogP contribution in [-0.2, 0) is 18.9 Å². The summed E-state index contributed by atoms with van der Waals surface area (Å²) >= 11 is 0. The fourth-order valence-electron chi connectivity index (χ4n) is 4.82. The average molecular weight is 597 g/mol. The van der Waals surface area contributed by atoms with Crippen LogP contribution in [-0.4, -0.2) is 62.8 Å². The molecule has 1 fully saturated rings. The smallest absolute Gasteiger partial charge is 0.418 e. The lowest BCUT2D eigenvalue weighted by atomic mass is 10.1. The maximum atomic E-state index is 14.9. The number of pyridine rings is 1. The number of amides is 1. The van der Waals surface area contributed by atoms with E-state index in [-0.39, 0.29) is 42.3 Å². The van der Waals surface area contributed by atoms with Crippen molar-refractivity contribution in [1.82, 2.24) is 29.8 Å². The number of carbonyl (C=O) groups is 1. The van der Waals surface area contributed by atoms with Crippen LogP contribution < -0.4 is 15.8 Å². The maximum absolute atomic E-state index is 14.9. The lowest BCUT2D eigenvalue weighted by Crippen LogP contribution is -2.41. The number of hydrogen-bond acceptors (Lipinski definition) is 7. The van der Waals surface area contributed by atoms with E-state index < -0.39 is 52.9 Å². The monoisotopic (exact) mass is 597 g/mol. The number of nitrogen functional groups attached to an aromatic ring is 1. The van der Waals surface area contributed by atoms with Gasteiger partial charge in [0.05, 0.1) is 30.0 Å². The highest BCUT2D eigenvalue weighted by atomic mass is 19.4. The molecule has 0 bridgehead atoms. The molecule has 2 unspecified atom stereocenters. The van der Waals surface area contributed by atoms with Gasteiger partial charge in [-0.05, 0) is 29.8 Å².